The van der Waals surface area contributed by atoms with Crippen LogP contribution in [0.15, 0.2) is 0 Å². The molecular weight excluding hydrogens is 216 g/mol. The number of halogens is 1. The Morgan fingerprint density at radius 1 is 1.67 bits per heavy atom. The SMILES string of the molecule is C[C@@H](CN)NC(=O)CCC1CCOC1.Cl. The molecule has 15 heavy (non-hydrogen) atoms. The van der Waals surface area contributed by atoms with Gasteiger partial charge in [-0.1, -0.05) is 0 Å². The lowest BCUT2D eigenvalue weighted by atomic mass is 10.0. The topological polar surface area (TPSA) is 64.3 Å². The van der Waals surface area contributed by atoms with Crippen LogP contribution in [0.3, 0.4) is 0 Å². The Morgan fingerprint density at radius 3 is 2.93 bits per heavy atom. The molecule has 1 rings (SSSR count). The van der Waals surface area contributed by atoms with E-state index in [9.17, 15) is 4.79 Å². The van der Waals surface area contributed by atoms with Gasteiger partial charge in [0.05, 0.1) is 0 Å². The van der Waals surface area contributed by atoms with Crippen LogP contribution in [0.1, 0.15) is 26.2 Å². The van der Waals surface area contributed by atoms with Gasteiger partial charge in [0.2, 0.25) is 5.91 Å². The van der Waals surface area contributed by atoms with Crippen LogP contribution in [-0.2, 0) is 9.53 Å². The summed E-state index contributed by atoms with van der Waals surface area (Å²) >= 11 is 0. The molecule has 1 aliphatic rings. The van der Waals surface area contributed by atoms with Gasteiger partial charge in [0.15, 0.2) is 0 Å². The zero-order valence-corrected chi connectivity index (χ0v) is 10.0. The summed E-state index contributed by atoms with van der Waals surface area (Å²) in [5.41, 5.74) is 5.40. The summed E-state index contributed by atoms with van der Waals surface area (Å²) < 4.78 is 5.24. The number of carbonyl (C=O) groups excluding carboxylic acids is 1. The van der Waals surface area contributed by atoms with Crippen molar-refractivity contribution in [2.75, 3.05) is 19.8 Å². The van der Waals surface area contributed by atoms with Crippen LogP contribution in [0.4, 0.5) is 0 Å². The second-order valence-electron chi connectivity index (χ2n) is 3.97. The number of ether oxygens (including phenoxy) is 1. The third-order valence-electron chi connectivity index (χ3n) is 2.56. The molecule has 0 saturated carbocycles. The summed E-state index contributed by atoms with van der Waals surface area (Å²) in [4.78, 5) is 11.4. The van der Waals surface area contributed by atoms with Crippen LogP contribution in [0, 0.1) is 5.92 Å². The smallest absolute Gasteiger partial charge is 0.220 e. The van der Waals surface area contributed by atoms with Crippen LogP contribution in [0.2, 0.25) is 0 Å². The zero-order valence-electron chi connectivity index (χ0n) is 9.20. The molecule has 1 unspecified atom stereocenters. The Labute approximate surface area is 97.3 Å². The average Bonchev–Trinajstić information content (AvgIpc) is 2.67. The monoisotopic (exact) mass is 236 g/mol. The van der Waals surface area contributed by atoms with E-state index in [4.69, 9.17) is 10.5 Å². The Hall–Kier alpha value is -0.320. The highest BCUT2D eigenvalue weighted by atomic mass is 35.5. The minimum atomic E-state index is 0. The standard InChI is InChI=1S/C10H20N2O2.ClH/c1-8(6-11)12-10(13)3-2-9-4-5-14-7-9;/h8-9H,2-7,11H2,1H3,(H,12,13);1H/t8-,9?;/m0./s1. The van der Waals surface area contributed by atoms with Crippen LogP contribution in [-0.4, -0.2) is 31.7 Å². The molecular formula is C10H21ClN2O2. The number of rotatable bonds is 5. The van der Waals surface area contributed by atoms with E-state index in [0.29, 0.717) is 18.9 Å². The minimum absolute atomic E-state index is 0. The van der Waals surface area contributed by atoms with Gasteiger partial charge >= 0.3 is 0 Å². The fourth-order valence-corrected chi connectivity index (χ4v) is 1.55. The summed E-state index contributed by atoms with van der Waals surface area (Å²) in [5, 5.41) is 2.85. The lowest BCUT2D eigenvalue weighted by Gasteiger charge is -2.12. The largest absolute Gasteiger partial charge is 0.381 e. The molecule has 90 valence electrons. The van der Waals surface area contributed by atoms with Crippen molar-refractivity contribution in [2.45, 2.75) is 32.2 Å². The van der Waals surface area contributed by atoms with Crippen LogP contribution in [0.25, 0.3) is 0 Å². The molecule has 0 aliphatic carbocycles. The Balaban J connectivity index is 0.00000196. The normalized spacial score (nSPS) is 21.9. The first-order valence-corrected chi connectivity index (χ1v) is 5.29. The van der Waals surface area contributed by atoms with Gasteiger partial charge in [0, 0.05) is 32.2 Å². The fourth-order valence-electron chi connectivity index (χ4n) is 1.55. The van der Waals surface area contributed by atoms with Crippen LogP contribution < -0.4 is 11.1 Å². The third-order valence-corrected chi connectivity index (χ3v) is 2.56. The van der Waals surface area contributed by atoms with E-state index in [0.717, 1.165) is 26.1 Å². The summed E-state index contributed by atoms with van der Waals surface area (Å²) in [7, 11) is 0. The van der Waals surface area contributed by atoms with Crippen molar-refractivity contribution in [3.05, 3.63) is 0 Å². The highest BCUT2D eigenvalue weighted by Crippen LogP contribution is 2.17. The molecule has 0 aromatic carbocycles. The maximum atomic E-state index is 11.4. The van der Waals surface area contributed by atoms with Gasteiger partial charge in [0.1, 0.15) is 0 Å². The summed E-state index contributed by atoms with van der Waals surface area (Å²) in [6, 6.07) is 0.0855. The van der Waals surface area contributed by atoms with E-state index in [1.165, 1.54) is 0 Å². The number of nitrogens with one attached hydrogen (secondary N) is 1. The molecule has 1 fully saturated rings. The van der Waals surface area contributed by atoms with Gasteiger partial charge in [-0.15, -0.1) is 12.4 Å². The summed E-state index contributed by atoms with van der Waals surface area (Å²) in [6.45, 7) is 4.08. The quantitative estimate of drug-likeness (QED) is 0.738. The van der Waals surface area contributed by atoms with Crippen LogP contribution in [0.5, 0.6) is 0 Å². The van der Waals surface area contributed by atoms with E-state index in [-0.39, 0.29) is 24.4 Å². The predicted octanol–water partition coefficient (Wildman–Crippen LogP) is 0.688. The molecule has 0 aromatic rings. The number of hydrogen-bond donors (Lipinski definition) is 2. The zero-order chi connectivity index (χ0) is 10.4. The van der Waals surface area contributed by atoms with Crippen molar-refractivity contribution in [2.24, 2.45) is 11.7 Å². The van der Waals surface area contributed by atoms with E-state index < -0.39 is 0 Å². The fraction of sp³-hybridized carbons (Fsp3) is 0.900. The van der Waals surface area contributed by atoms with Crippen molar-refractivity contribution in [1.82, 2.24) is 5.32 Å². The van der Waals surface area contributed by atoms with Crippen LogP contribution >= 0.6 is 12.4 Å². The second-order valence-corrected chi connectivity index (χ2v) is 3.97. The molecule has 1 saturated heterocycles. The molecule has 0 radical (unpaired) electrons. The molecule has 1 aliphatic heterocycles. The first kappa shape index (κ1) is 14.7. The molecule has 4 nitrogen and oxygen atoms in total. The molecule has 3 N–H and O–H groups in total. The minimum Gasteiger partial charge on any atom is -0.381 e. The highest BCUT2D eigenvalue weighted by Gasteiger charge is 2.16. The molecule has 0 spiro atoms. The van der Waals surface area contributed by atoms with Crippen molar-refractivity contribution >= 4 is 18.3 Å². The summed E-state index contributed by atoms with van der Waals surface area (Å²) in [5.74, 6) is 0.684. The van der Waals surface area contributed by atoms with E-state index in [2.05, 4.69) is 5.32 Å². The average molecular weight is 237 g/mol. The van der Waals surface area contributed by atoms with Gasteiger partial charge in [-0.25, -0.2) is 0 Å². The second kappa shape index (κ2) is 7.91. The maximum absolute atomic E-state index is 11.4. The first-order chi connectivity index (χ1) is 6.72. The Bertz CT molecular complexity index is 184. The Kier molecular flexibility index (Phi) is 7.74. The third kappa shape index (κ3) is 5.97. The Morgan fingerprint density at radius 2 is 2.40 bits per heavy atom. The summed E-state index contributed by atoms with van der Waals surface area (Å²) in [6.07, 6.45) is 2.63. The van der Waals surface area contributed by atoms with Crippen molar-refractivity contribution in [1.29, 1.82) is 0 Å². The first-order valence-electron chi connectivity index (χ1n) is 5.29. The van der Waals surface area contributed by atoms with E-state index in [1.54, 1.807) is 0 Å². The molecule has 0 bridgehead atoms. The molecule has 1 heterocycles. The number of amides is 1. The van der Waals surface area contributed by atoms with Gasteiger partial charge in [-0.2, -0.15) is 0 Å². The molecule has 1 amide bonds. The molecule has 2 atom stereocenters. The maximum Gasteiger partial charge on any atom is 0.220 e. The van der Waals surface area contributed by atoms with E-state index >= 15 is 0 Å². The predicted molar refractivity (Wildman–Crippen MR) is 62.1 cm³/mol. The van der Waals surface area contributed by atoms with E-state index in [1.807, 2.05) is 6.92 Å². The van der Waals surface area contributed by atoms with Crippen molar-refractivity contribution < 1.29 is 9.53 Å². The number of nitrogens with two attached hydrogens (primary N) is 1. The van der Waals surface area contributed by atoms with Gasteiger partial charge < -0.3 is 15.8 Å². The van der Waals surface area contributed by atoms with Crippen molar-refractivity contribution in [3.63, 3.8) is 0 Å². The van der Waals surface area contributed by atoms with Gasteiger partial charge in [-0.3, -0.25) is 4.79 Å². The van der Waals surface area contributed by atoms with Gasteiger partial charge in [0.25, 0.3) is 0 Å². The van der Waals surface area contributed by atoms with Gasteiger partial charge in [-0.05, 0) is 25.7 Å². The lowest BCUT2D eigenvalue weighted by Crippen LogP contribution is -2.37. The van der Waals surface area contributed by atoms with Crippen molar-refractivity contribution in [3.8, 4) is 0 Å². The molecule has 0 aromatic heterocycles. The molecule has 5 heteroatoms. The lowest BCUT2D eigenvalue weighted by molar-refractivity contribution is -0.121. The number of carbonyl (C=O) groups is 1. The number of hydrogen-bond acceptors (Lipinski definition) is 3. The highest BCUT2D eigenvalue weighted by molar-refractivity contribution is 5.85.